The van der Waals surface area contributed by atoms with Crippen LogP contribution in [0.25, 0.3) is 0 Å². The highest BCUT2D eigenvalue weighted by molar-refractivity contribution is 5.83. The fraction of sp³-hybridized carbons (Fsp3) is 0.500. The smallest absolute Gasteiger partial charge is 0.227 e. The molecule has 17 heavy (non-hydrogen) atoms. The van der Waals surface area contributed by atoms with Crippen molar-refractivity contribution < 1.29 is 9.90 Å². The molecule has 2 unspecified atom stereocenters. The molecule has 0 heterocycles. The molecular formula is C14H21NO2. The van der Waals surface area contributed by atoms with Gasteiger partial charge in [-0.3, -0.25) is 4.79 Å². The van der Waals surface area contributed by atoms with Gasteiger partial charge in [-0.1, -0.05) is 44.2 Å². The Kier molecular flexibility index (Phi) is 5.70. The van der Waals surface area contributed by atoms with Gasteiger partial charge < -0.3 is 10.4 Å². The highest BCUT2D eigenvalue weighted by Gasteiger charge is 2.20. The second-order valence-electron chi connectivity index (χ2n) is 4.17. The van der Waals surface area contributed by atoms with Crippen molar-refractivity contribution in [1.29, 1.82) is 0 Å². The predicted molar refractivity (Wildman–Crippen MR) is 68.8 cm³/mol. The maximum absolute atomic E-state index is 12.1. The van der Waals surface area contributed by atoms with Crippen LogP contribution >= 0.6 is 0 Å². The predicted octanol–water partition coefficient (Wildman–Crippen LogP) is 2.07. The Balaban J connectivity index is 2.71. The summed E-state index contributed by atoms with van der Waals surface area (Å²) in [6.45, 7) is 3.94. The molecule has 0 aromatic heterocycles. The third-order valence-electron chi connectivity index (χ3n) is 2.99. The summed E-state index contributed by atoms with van der Waals surface area (Å²) in [7, 11) is 0. The summed E-state index contributed by atoms with van der Waals surface area (Å²) in [5.41, 5.74) is 1.03. The van der Waals surface area contributed by atoms with Crippen molar-refractivity contribution >= 4 is 5.91 Å². The highest BCUT2D eigenvalue weighted by Crippen LogP contribution is 2.19. The molecular weight excluding hydrogens is 214 g/mol. The molecule has 0 radical (unpaired) electrons. The van der Waals surface area contributed by atoms with Gasteiger partial charge in [-0.05, 0) is 18.4 Å². The summed E-state index contributed by atoms with van der Waals surface area (Å²) < 4.78 is 0. The standard InChI is InChI=1S/C14H21NO2/c1-3-12(10-16)15-14(17)13(4-2)11-8-6-5-7-9-11/h5-9,12-13,16H,3-4,10H2,1-2H3,(H,15,17). The largest absolute Gasteiger partial charge is 0.394 e. The van der Waals surface area contributed by atoms with Crippen LogP contribution in [0.2, 0.25) is 0 Å². The Morgan fingerprint density at radius 2 is 1.88 bits per heavy atom. The zero-order valence-electron chi connectivity index (χ0n) is 10.5. The average Bonchev–Trinajstić information content (AvgIpc) is 2.38. The number of benzene rings is 1. The molecule has 94 valence electrons. The Morgan fingerprint density at radius 1 is 1.24 bits per heavy atom. The first-order valence-corrected chi connectivity index (χ1v) is 6.19. The average molecular weight is 235 g/mol. The topological polar surface area (TPSA) is 49.3 Å². The molecule has 0 spiro atoms. The third kappa shape index (κ3) is 3.86. The molecule has 1 aromatic carbocycles. The molecule has 0 aliphatic carbocycles. The maximum Gasteiger partial charge on any atom is 0.227 e. The van der Waals surface area contributed by atoms with E-state index in [1.807, 2.05) is 44.2 Å². The molecule has 0 aliphatic heterocycles. The molecule has 1 aromatic rings. The van der Waals surface area contributed by atoms with Crippen LogP contribution in [-0.4, -0.2) is 23.7 Å². The minimum atomic E-state index is -0.139. The van der Waals surface area contributed by atoms with Gasteiger partial charge in [-0.15, -0.1) is 0 Å². The van der Waals surface area contributed by atoms with E-state index < -0.39 is 0 Å². The molecule has 0 saturated carbocycles. The van der Waals surface area contributed by atoms with Gasteiger partial charge in [-0.25, -0.2) is 0 Å². The zero-order chi connectivity index (χ0) is 12.7. The van der Waals surface area contributed by atoms with Crippen LogP contribution in [0.5, 0.6) is 0 Å². The molecule has 2 N–H and O–H groups in total. The van der Waals surface area contributed by atoms with Gasteiger partial charge in [0, 0.05) is 0 Å². The SMILES string of the molecule is CCC(CO)NC(=O)C(CC)c1ccccc1. The van der Waals surface area contributed by atoms with Crippen molar-refractivity contribution in [1.82, 2.24) is 5.32 Å². The Hall–Kier alpha value is -1.35. The van der Waals surface area contributed by atoms with E-state index in [0.29, 0.717) is 0 Å². The number of nitrogens with one attached hydrogen (secondary N) is 1. The lowest BCUT2D eigenvalue weighted by atomic mass is 9.95. The lowest BCUT2D eigenvalue weighted by Crippen LogP contribution is -2.39. The van der Waals surface area contributed by atoms with Gasteiger partial charge >= 0.3 is 0 Å². The van der Waals surface area contributed by atoms with Gasteiger partial charge in [0.15, 0.2) is 0 Å². The van der Waals surface area contributed by atoms with E-state index in [0.717, 1.165) is 18.4 Å². The molecule has 0 fully saturated rings. The van der Waals surface area contributed by atoms with Crippen molar-refractivity contribution in [3.8, 4) is 0 Å². The zero-order valence-corrected chi connectivity index (χ0v) is 10.5. The van der Waals surface area contributed by atoms with Gasteiger partial charge in [-0.2, -0.15) is 0 Å². The second kappa shape index (κ2) is 7.07. The minimum Gasteiger partial charge on any atom is -0.394 e. The summed E-state index contributed by atoms with van der Waals surface area (Å²) in [6.07, 6.45) is 1.51. The molecule has 3 nitrogen and oxygen atoms in total. The lowest BCUT2D eigenvalue weighted by Gasteiger charge is -2.19. The number of hydrogen-bond donors (Lipinski definition) is 2. The van der Waals surface area contributed by atoms with Crippen molar-refractivity contribution in [3.05, 3.63) is 35.9 Å². The molecule has 0 saturated heterocycles. The van der Waals surface area contributed by atoms with Crippen LogP contribution < -0.4 is 5.32 Å². The number of carbonyl (C=O) groups excluding carboxylic acids is 1. The first-order chi connectivity index (χ1) is 8.22. The third-order valence-corrected chi connectivity index (χ3v) is 2.99. The summed E-state index contributed by atoms with van der Waals surface area (Å²) in [5, 5.41) is 12.0. The van der Waals surface area contributed by atoms with E-state index in [4.69, 9.17) is 5.11 Å². The number of rotatable bonds is 6. The second-order valence-corrected chi connectivity index (χ2v) is 4.17. The first-order valence-electron chi connectivity index (χ1n) is 6.19. The molecule has 3 heteroatoms. The number of aliphatic hydroxyl groups is 1. The lowest BCUT2D eigenvalue weighted by molar-refractivity contribution is -0.123. The van der Waals surface area contributed by atoms with Crippen LogP contribution in [0.1, 0.15) is 38.2 Å². The van der Waals surface area contributed by atoms with Gasteiger partial charge in [0.25, 0.3) is 0 Å². The summed E-state index contributed by atoms with van der Waals surface area (Å²) >= 11 is 0. The van der Waals surface area contributed by atoms with Crippen LogP contribution in [0.15, 0.2) is 30.3 Å². The van der Waals surface area contributed by atoms with Crippen molar-refractivity contribution in [2.75, 3.05) is 6.61 Å². The number of amides is 1. The molecule has 2 atom stereocenters. The molecule has 0 aliphatic rings. The van der Waals surface area contributed by atoms with Crippen molar-refractivity contribution in [2.24, 2.45) is 0 Å². The van der Waals surface area contributed by atoms with Crippen LogP contribution in [0.4, 0.5) is 0 Å². The summed E-state index contributed by atoms with van der Waals surface area (Å²) in [4.78, 5) is 12.1. The summed E-state index contributed by atoms with van der Waals surface area (Å²) in [5.74, 6) is -0.128. The van der Waals surface area contributed by atoms with Gasteiger partial charge in [0.1, 0.15) is 0 Å². The molecule has 1 rings (SSSR count). The fourth-order valence-corrected chi connectivity index (χ4v) is 1.84. The number of hydrogen-bond acceptors (Lipinski definition) is 2. The van der Waals surface area contributed by atoms with Crippen LogP contribution in [0, 0.1) is 0 Å². The Labute approximate surface area is 103 Å². The van der Waals surface area contributed by atoms with E-state index in [-0.39, 0.29) is 24.5 Å². The van der Waals surface area contributed by atoms with E-state index in [1.54, 1.807) is 0 Å². The minimum absolute atomic E-state index is 0.000370. The van der Waals surface area contributed by atoms with Crippen LogP contribution in [0.3, 0.4) is 0 Å². The highest BCUT2D eigenvalue weighted by atomic mass is 16.3. The van der Waals surface area contributed by atoms with E-state index >= 15 is 0 Å². The molecule has 1 amide bonds. The van der Waals surface area contributed by atoms with E-state index in [2.05, 4.69) is 5.32 Å². The normalized spacial score (nSPS) is 14.1. The van der Waals surface area contributed by atoms with Crippen molar-refractivity contribution in [3.63, 3.8) is 0 Å². The fourth-order valence-electron chi connectivity index (χ4n) is 1.84. The van der Waals surface area contributed by atoms with Crippen LogP contribution in [-0.2, 0) is 4.79 Å². The van der Waals surface area contributed by atoms with E-state index in [9.17, 15) is 4.79 Å². The summed E-state index contributed by atoms with van der Waals surface area (Å²) in [6, 6.07) is 9.61. The molecule has 0 bridgehead atoms. The van der Waals surface area contributed by atoms with E-state index in [1.165, 1.54) is 0 Å². The maximum atomic E-state index is 12.1. The quantitative estimate of drug-likeness (QED) is 0.793. The van der Waals surface area contributed by atoms with Crippen molar-refractivity contribution in [2.45, 2.75) is 38.6 Å². The number of aliphatic hydroxyl groups excluding tert-OH is 1. The monoisotopic (exact) mass is 235 g/mol. The first kappa shape index (κ1) is 13.7. The van der Waals surface area contributed by atoms with Gasteiger partial charge in [0.2, 0.25) is 5.91 Å². The number of carbonyl (C=O) groups is 1. The van der Waals surface area contributed by atoms with Gasteiger partial charge in [0.05, 0.1) is 18.6 Å². The Bertz CT molecular complexity index is 333. The Morgan fingerprint density at radius 3 is 2.35 bits per heavy atom.